The highest BCUT2D eigenvalue weighted by molar-refractivity contribution is 8.01. The molecular formula is C17H20N2O4S2. The molecule has 6 nitrogen and oxygen atoms in total. The zero-order chi connectivity index (χ0) is 18.2. The fourth-order valence-corrected chi connectivity index (χ4v) is 4.59. The van der Waals surface area contributed by atoms with Crippen molar-refractivity contribution in [2.75, 3.05) is 5.75 Å². The summed E-state index contributed by atoms with van der Waals surface area (Å²) in [6.07, 6.45) is 3.41. The van der Waals surface area contributed by atoms with Crippen LogP contribution in [0.4, 0.5) is 5.69 Å². The predicted octanol–water partition coefficient (Wildman–Crippen LogP) is 4.55. The van der Waals surface area contributed by atoms with Crippen molar-refractivity contribution >= 4 is 34.8 Å². The number of carboxylic acids is 1. The number of hydrogen-bond acceptors (Lipinski definition) is 6. The molecule has 134 valence electrons. The van der Waals surface area contributed by atoms with Crippen LogP contribution in [0, 0.1) is 10.1 Å². The number of nitro groups is 1. The van der Waals surface area contributed by atoms with Crippen LogP contribution in [0.3, 0.4) is 0 Å². The summed E-state index contributed by atoms with van der Waals surface area (Å²) in [5, 5.41) is 19.4. The SMILES string of the molecule is CCCc1nc(SCCCC(=O)O)sc1Cc1ccc([N+](=O)[O-])cc1. The van der Waals surface area contributed by atoms with Crippen molar-refractivity contribution in [3.05, 3.63) is 50.5 Å². The number of benzene rings is 1. The molecule has 0 fully saturated rings. The average molecular weight is 380 g/mol. The third kappa shape index (κ3) is 6.13. The number of non-ortho nitro benzene ring substituents is 1. The second kappa shape index (κ2) is 9.53. The summed E-state index contributed by atoms with van der Waals surface area (Å²) in [6.45, 7) is 2.11. The summed E-state index contributed by atoms with van der Waals surface area (Å²) in [5.41, 5.74) is 2.19. The quantitative estimate of drug-likeness (QED) is 0.281. The Bertz CT molecular complexity index is 729. The van der Waals surface area contributed by atoms with Crippen LogP contribution in [0.5, 0.6) is 0 Å². The Labute approximate surface area is 154 Å². The molecule has 8 heteroatoms. The number of hydrogen-bond donors (Lipinski definition) is 1. The Morgan fingerprint density at radius 1 is 1.36 bits per heavy atom. The van der Waals surface area contributed by atoms with Gasteiger partial charge in [-0.25, -0.2) is 4.98 Å². The molecule has 0 saturated carbocycles. The number of thiazole rings is 1. The highest BCUT2D eigenvalue weighted by Gasteiger charge is 2.13. The van der Waals surface area contributed by atoms with Crippen molar-refractivity contribution in [2.24, 2.45) is 0 Å². The van der Waals surface area contributed by atoms with E-state index in [2.05, 4.69) is 11.9 Å². The molecule has 2 rings (SSSR count). The molecule has 1 heterocycles. The van der Waals surface area contributed by atoms with Crippen molar-refractivity contribution in [1.82, 2.24) is 4.98 Å². The lowest BCUT2D eigenvalue weighted by Gasteiger charge is -2.01. The minimum atomic E-state index is -0.773. The van der Waals surface area contributed by atoms with E-state index in [9.17, 15) is 14.9 Å². The summed E-state index contributed by atoms with van der Waals surface area (Å²) < 4.78 is 0.964. The maximum absolute atomic E-state index is 10.7. The highest BCUT2D eigenvalue weighted by Crippen LogP contribution is 2.31. The molecule has 0 unspecified atom stereocenters. The predicted molar refractivity (Wildman–Crippen MR) is 99.6 cm³/mol. The molecule has 0 spiro atoms. The number of nitro benzene ring substituents is 1. The van der Waals surface area contributed by atoms with E-state index in [0.717, 1.165) is 34.2 Å². The van der Waals surface area contributed by atoms with Crippen LogP contribution in [0.1, 0.15) is 42.3 Å². The van der Waals surface area contributed by atoms with E-state index < -0.39 is 10.9 Å². The van der Waals surface area contributed by atoms with Crippen LogP contribution in [-0.4, -0.2) is 26.7 Å². The van der Waals surface area contributed by atoms with E-state index in [-0.39, 0.29) is 12.1 Å². The van der Waals surface area contributed by atoms with Crippen LogP contribution in [-0.2, 0) is 17.6 Å². The molecule has 1 N–H and O–H groups in total. The first kappa shape index (κ1) is 19.4. The summed E-state index contributed by atoms with van der Waals surface area (Å²) in [5.74, 6) is -0.0345. The zero-order valence-electron chi connectivity index (χ0n) is 13.9. The Morgan fingerprint density at radius 3 is 2.68 bits per heavy atom. The van der Waals surface area contributed by atoms with Gasteiger partial charge in [0.25, 0.3) is 5.69 Å². The lowest BCUT2D eigenvalue weighted by molar-refractivity contribution is -0.384. The van der Waals surface area contributed by atoms with Crippen molar-refractivity contribution in [3.8, 4) is 0 Å². The van der Waals surface area contributed by atoms with E-state index in [4.69, 9.17) is 5.11 Å². The monoisotopic (exact) mass is 380 g/mol. The number of rotatable bonds is 10. The molecule has 0 aliphatic heterocycles. The molecule has 1 aromatic heterocycles. The molecule has 0 aliphatic rings. The first-order valence-electron chi connectivity index (χ1n) is 8.06. The van der Waals surface area contributed by atoms with Gasteiger partial charge in [0.15, 0.2) is 0 Å². The minimum Gasteiger partial charge on any atom is -0.481 e. The lowest BCUT2D eigenvalue weighted by Crippen LogP contribution is -1.94. The number of carbonyl (C=O) groups is 1. The van der Waals surface area contributed by atoms with Gasteiger partial charge < -0.3 is 5.11 Å². The van der Waals surface area contributed by atoms with E-state index in [0.29, 0.717) is 12.8 Å². The molecule has 1 aromatic carbocycles. The van der Waals surface area contributed by atoms with Crippen LogP contribution < -0.4 is 0 Å². The van der Waals surface area contributed by atoms with Crippen molar-refractivity contribution < 1.29 is 14.8 Å². The number of aromatic nitrogens is 1. The number of nitrogens with zero attached hydrogens (tertiary/aromatic N) is 2. The number of aliphatic carboxylic acids is 1. The number of aryl methyl sites for hydroxylation is 1. The highest BCUT2D eigenvalue weighted by atomic mass is 32.2. The Hall–Kier alpha value is -1.93. The molecule has 0 bridgehead atoms. The third-order valence-electron chi connectivity index (χ3n) is 3.52. The molecular weight excluding hydrogens is 360 g/mol. The van der Waals surface area contributed by atoms with Gasteiger partial charge >= 0.3 is 5.97 Å². The first-order chi connectivity index (χ1) is 12.0. The Balaban J connectivity index is 2.04. The van der Waals surface area contributed by atoms with Gasteiger partial charge in [0, 0.05) is 35.6 Å². The molecule has 0 saturated heterocycles. The number of carboxylic acid groups (broad SMARTS) is 1. The van der Waals surface area contributed by atoms with Gasteiger partial charge in [0.05, 0.1) is 10.6 Å². The summed E-state index contributed by atoms with van der Waals surface area (Å²) in [4.78, 5) is 26.8. The topological polar surface area (TPSA) is 93.3 Å². The standard InChI is InChI=1S/C17H20N2O4S2/c1-2-4-14-15(11-12-6-8-13(9-7-12)19(22)23)25-17(18-14)24-10-3-5-16(20)21/h6-9H,2-5,10-11H2,1H3,(H,20,21). The fraction of sp³-hybridized carbons (Fsp3) is 0.412. The molecule has 0 radical (unpaired) electrons. The van der Waals surface area contributed by atoms with Gasteiger partial charge in [0.2, 0.25) is 0 Å². The van der Waals surface area contributed by atoms with Gasteiger partial charge in [-0.2, -0.15) is 0 Å². The van der Waals surface area contributed by atoms with Gasteiger partial charge in [-0.3, -0.25) is 14.9 Å². The number of thioether (sulfide) groups is 1. The van der Waals surface area contributed by atoms with Crippen LogP contribution in [0.2, 0.25) is 0 Å². The lowest BCUT2D eigenvalue weighted by atomic mass is 10.1. The zero-order valence-corrected chi connectivity index (χ0v) is 15.6. The van der Waals surface area contributed by atoms with Gasteiger partial charge in [0.1, 0.15) is 4.34 Å². The maximum Gasteiger partial charge on any atom is 0.303 e. The molecule has 25 heavy (non-hydrogen) atoms. The van der Waals surface area contributed by atoms with Gasteiger partial charge in [-0.05, 0) is 18.4 Å². The normalized spacial score (nSPS) is 10.8. The largest absolute Gasteiger partial charge is 0.481 e. The summed E-state index contributed by atoms with van der Waals surface area (Å²) >= 11 is 3.23. The second-order valence-corrected chi connectivity index (χ2v) is 7.97. The minimum absolute atomic E-state index is 0.0940. The van der Waals surface area contributed by atoms with Crippen molar-refractivity contribution in [1.29, 1.82) is 0 Å². The van der Waals surface area contributed by atoms with Crippen molar-refractivity contribution in [3.63, 3.8) is 0 Å². The van der Waals surface area contributed by atoms with E-state index in [1.807, 2.05) is 0 Å². The molecule has 0 amide bonds. The van der Waals surface area contributed by atoms with Crippen LogP contribution in [0.15, 0.2) is 28.6 Å². The van der Waals surface area contributed by atoms with Crippen LogP contribution in [0.25, 0.3) is 0 Å². The Kier molecular flexibility index (Phi) is 7.39. The maximum atomic E-state index is 10.7. The van der Waals surface area contributed by atoms with Gasteiger partial charge in [-0.15, -0.1) is 11.3 Å². The molecule has 0 atom stereocenters. The molecule has 2 aromatic rings. The van der Waals surface area contributed by atoms with Crippen LogP contribution >= 0.6 is 23.1 Å². The molecule has 0 aliphatic carbocycles. The first-order valence-corrected chi connectivity index (χ1v) is 9.86. The summed E-state index contributed by atoms with van der Waals surface area (Å²) in [6, 6.07) is 6.62. The Morgan fingerprint density at radius 2 is 2.08 bits per heavy atom. The fourth-order valence-electron chi connectivity index (χ4n) is 2.30. The van der Waals surface area contributed by atoms with E-state index >= 15 is 0 Å². The van der Waals surface area contributed by atoms with Crippen molar-refractivity contribution in [2.45, 2.75) is 43.4 Å². The van der Waals surface area contributed by atoms with Gasteiger partial charge in [-0.1, -0.05) is 37.2 Å². The second-order valence-electron chi connectivity index (χ2n) is 5.55. The van der Waals surface area contributed by atoms with E-state index in [1.54, 1.807) is 35.2 Å². The summed E-state index contributed by atoms with van der Waals surface area (Å²) in [7, 11) is 0. The third-order valence-corrected chi connectivity index (χ3v) is 5.84. The van der Waals surface area contributed by atoms with E-state index in [1.165, 1.54) is 17.0 Å². The average Bonchev–Trinajstić information content (AvgIpc) is 2.94. The smallest absolute Gasteiger partial charge is 0.303 e.